The monoisotopic (exact) mass is 766 g/mol. The molecule has 2 aliphatic rings. The first-order valence-electron chi connectivity index (χ1n) is 16.8. The van der Waals surface area contributed by atoms with Crippen LogP contribution < -0.4 is 21.9 Å². The van der Waals surface area contributed by atoms with Gasteiger partial charge >= 0.3 is 13.5 Å². The van der Waals surface area contributed by atoms with Gasteiger partial charge in [0.25, 0.3) is 5.56 Å². The highest BCUT2D eigenvalue weighted by atomic mass is 32.1. The zero-order valence-electron chi connectivity index (χ0n) is 29.0. The lowest BCUT2D eigenvalue weighted by molar-refractivity contribution is -0.270. The molecule has 1 amide bonds. The van der Waals surface area contributed by atoms with E-state index in [0.29, 0.717) is 37.2 Å². The highest BCUT2D eigenvalue weighted by Crippen LogP contribution is 2.50. The predicted octanol–water partition coefficient (Wildman–Crippen LogP) is -0.00720. The maximum absolute atomic E-state index is 12.6. The number of allylic oxidation sites excluding steroid dienone is 2. The number of aromatic nitrogens is 2. The standard InChI is InChI=1S/C31H51N4O14PS/c1-19(37)33-25-27(40)26(39)21(17-36)48-30(25)46-16-10-8-12-24(51)32-14-9-6-4-5-7-11-20-28(49-50(42,43)45-3)22(18-44-2)47-29(20)35-15-13-23(38)34-31(35)41/h5,7,13,15,20-22,25-30,36,39-40H,4,6,8-12,14,16-18H2,1-3H3,(H,32,51)(H,33,37)(H,42,43)(H,34,38,41)/b7-5+/t20-,21+,22+,25+,26-,27+,28?,29+,30+/m0/s1. The van der Waals surface area contributed by atoms with E-state index < -0.39 is 86.6 Å². The van der Waals surface area contributed by atoms with Gasteiger partial charge in [0.15, 0.2) is 6.29 Å². The Morgan fingerprint density at radius 3 is 2.55 bits per heavy atom. The molecule has 20 heteroatoms. The number of hydrogen-bond acceptors (Lipinski definition) is 14. The summed E-state index contributed by atoms with van der Waals surface area (Å²) in [6.07, 6.45) is 2.36. The van der Waals surface area contributed by atoms with Crippen LogP contribution in [0.4, 0.5) is 0 Å². The Kier molecular flexibility index (Phi) is 18.0. The highest BCUT2D eigenvalue weighted by molar-refractivity contribution is 7.80. The maximum Gasteiger partial charge on any atom is 0.472 e. The molecular formula is C31H51N4O14PS. The third-order valence-electron chi connectivity index (χ3n) is 8.44. The fraction of sp³-hybridized carbons (Fsp3) is 0.742. The van der Waals surface area contributed by atoms with Crippen LogP contribution in [-0.2, 0) is 37.4 Å². The largest absolute Gasteiger partial charge is 0.472 e. The van der Waals surface area contributed by atoms with Crippen LogP contribution in [0.15, 0.2) is 34.0 Å². The van der Waals surface area contributed by atoms with Crippen molar-refractivity contribution in [1.29, 1.82) is 0 Å². The zero-order valence-corrected chi connectivity index (χ0v) is 30.7. The van der Waals surface area contributed by atoms with Crippen molar-refractivity contribution in [2.75, 3.05) is 40.6 Å². The molecule has 290 valence electrons. The predicted molar refractivity (Wildman–Crippen MR) is 186 cm³/mol. The number of methoxy groups -OCH3 is 1. The number of nitrogens with one attached hydrogen (secondary N) is 3. The summed E-state index contributed by atoms with van der Waals surface area (Å²) in [5.41, 5.74) is -1.26. The highest BCUT2D eigenvalue weighted by Gasteiger charge is 2.49. The van der Waals surface area contributed by atoms with Crippen LogP contribution in [0.5, 0.6) is 0 Å². The molecule has 0 radical (unpaired) electrons. The summed E-state index contributed by atoms with van der Waals surface area (Å²) in [5, 5.41) is 35.7. The summed E-state index contributed by atoms with van der Waals surface area (Å²) in [6.45, 7) is 1.70. The lowest BCUT2D eigenvalue weighted by Crippen LogP contribution is -2.64. The molecule has 0 bridgehead atoms. The number of thiocarbonyl (C=S) groups is 1. The molecule has 2 saturated heterocycles. The van der Waals surface area contributed by atoms with E-state index in [1.165, 1.54) is 30.9 Å². The van der Waals surface area contributed by atoms with Gasteiger partial charge in [-0.05, 0) is 44.9 Å². The summed E-state index contributed by atoms with van der Waals surface area (Å²) < 4.78 is 46.2. The number of unbranched alkanes of at least 4 members (excludes halogenated alkanes) is 3. The number of phosphoric ester groups is 1. The van der Waals surface area contributed by atoms with Crippen molar-refractivity contribution in [3.63, 3.8) is 0 Å². The number of phosphoric acid groups is 1. The van der Waals surface area contributed by atoms with E-state index in [2.05, 4.69) is 20.1 Å². The third kappa shape index (κ3) is 13.2. The Morgan fingerprint density at radius 2 is 1.88 bits per heavy atom. The van der Waals surface area contributed by atoms with Gasteiger partial charge in [-0.1, -0.05) is 24.4 Å². The number of hydrogen-bond donors (Lipinski definition) is 7. The Morgan fingerprint density at radius 1 is 1.12 bits per heavy atom. The first-order valence-corrected chi connectivity index (χ1v) is 18.7. The van der Waals surface area contributed by atoms with Crippen LogP contribution in [-0.4, -0.2) is 124 Å². The molecule has 0 aliphatic carbocycles. The lowest BCUT2D eigenvalue weighted by atomic mass is 9.95. The summed E-state index contributed by atoms with van der Waals surface area (Å²) >= 11 is 5.44. The van der Waals surface area contributed by atoms with Crippen molar-refractivity contribution in [2.24, 2.45) is 5.92 Å². The molecule has 0 saturated carbocycles. The van der Waals surface area contributed by atoms with Crippen molar-refractivity contribution in [3.05, 3.63) is 45.3 Å². The van der Waals surface area contributed by atoms with E-state index in [9.17, 15) is 39.2 Å². The first-order chi connectivity index (χ1) is 24.3. The molecule has 10 atom stereocenters. The van der Waals surface area contributed by atoms with Crippen LogP contribution in [0.3, 0.4) is 0 Å². The average Bonchev–Trinajstić information content (AvgIpc) is 3.40. The normalized spacial score (nSPS) is 29.2. The van der Waals surface area contributed by atoms with Crippen molar-refractivity contribution < 1.29 is 57.6 Å². The van der Waals surface area contributed by atoms with Crippen molar-refractivity contribution in [2.45, 2.75) is 101 Å². The van der Waals surface area contributed by atoms with E-state index in [0.717, 1.165) is 26.4 Å². The Balaban J connectivity index is 1.40. The number of carbonyl (C=O) groups is 1. The van der Waals surface area contributed by atoms with E-state index in [1.54, 1.807) is 0 Å². The second kappa shape index (κ2) is 21.3. The van der Waals surface area contributed by atoms with Crippen LogP contribution in [0.1, 0.15) is 58.1 Å². The molecule has 2 fully saturated rings. The minimum absolute atomic E-state index is 0.0181. The molecule has 1 aromatic rings. The maximum atomic E-state index is 12.6. The van der Waals surface area contributed by atoms with Gasteiger partial charge < -0.3 is 49.8 Å². The van der Waals surface area contributed by atoms with Crippen molar-refractivity contribution in [1.82, 2.24) is 20.2 Å². The zero-order chi connectivity index (χ0) is 37.6. The first kappa shape index (κ1) is 43.0. The second-order valence-corrected chi connectivity index (χ2v) is 14.2. The summed E-state index contributed by atoms with van der Waals surface area (Å²) in [4.78, 5) is 48.8. The number of rotatable bonds is 21. The number of carbonyl (C=O) groups excluding carboxylic acids is 1. The molecule has 2 unspecified atom stereocenters. The molecule has 51 heavy (non-hydrogen) atoms. The molecular weight excluding hydrogens is 715 g/mol. The number of amides is 1. The molecule has 1 aromatic heterocycles. The van der Waals surface area contributed by atoms with E-state index in [4.69, 9.17) is 35.7 Å². The molecule has 0 aromatic carbocycles. The van der Waals surface area contributed by atoms with E-state index >= 15 is 0 Å². The molecule has 2 aliphatic heterocycles. The van der Waals surface area contributed by atoms with Crippen molar-refractivity contribution >= 4 is 30.9 Å². The summed E-state index contributed by atoms with van der Waals surface area (Å²) in [6, 6.07) is 0.200. The second-order valence-electron chi connectivity index (χ2n) is 12.2. The SMILES string of the molecule is COC[C@H]1O[C@@H](n2ccc(=O)[nH]c2=O)[C@@H](C/C=C/CCCCNC(=S)CCCCO[C@@H]2O[C@H](CO)[C@H](O)[C@H](O)[C@H]2NC(C)=O)C1OP(=O)(O)OC. The average molecular weight is 767 g/mol. The topological polar surface area (TPSA) is 249 Å². The van der Waals surface area contributed by atoms with Crippen LogP contribution in [0.25, 0.3) is 0 Å². The number of ether oxygens (including phenoxy) is 4. The minimum Gasteiger partial charge on any atom is -0.394 e. The summed E-state index contributed by atoms with van der Waals surface area (Å²) in [7, 11) is -1.93. The van der Waals surface area contributed by atoms with Gasteiger partial charge in [0, 0.05) is 52.5 Å². The van der Waals surface area contributed by atoms with E-state index in [-0.39, 0.29) is 13.2 Å². The van der Waals surface area contributed by atoms with Gasteiger partial charge in [0.05, 0.1) is 18.2 Å². The van der Waals surface area contributed by atoms with Crippen LogP contribution in [0.2, 0.25) is 0 Å². The van der Waals surface area contributed by atoms with Crippen LogP contribution >= 0.6 is 20.0 Å². The fourth-order valence-corrected chi connectivity index (χ4v) is 6.79. The summed E-state index contributed by atoms with van der Waals surface area (Å²) in [5.74, 6) is -1.02. The van der Waals surface area contributed by atoms with Gasteiger partial charge in [-0.2, -0.15) is 0 Å². The van der Waals surface area contributed by atoms with Gasteiger partial charge in [0.2, 0.25) is 5.91 Å². The van der Waals surface area contributed by atoms with Gasteiger partial charge in [-0.15, -0.1) is 0 Å². The van der Waals surface area contributed by atoms with Gasteiger partial charge in [-0.3, -0.25) is 28.2 Å². The van der Waals surface area contributed by atoms with Crippen LogP contribution in [0, 0.1) is 5.92 Å². The van der Waals surface area contributed by atoms with Gasteiger partial charge in [-0.25, -0.2) is 9.36 Å². The number of aliphatic hydroxyl groups excluding tert-OH is 3. The fourth-order valence-electron chi connectivity index (χ4n) is 5.86. The Bertz CT molecular complexity index is 1450. The van der Waals surface area contributed by atoms with Gasteiger partial charge in [0.1, 0.15) is 42.8 Å². The Hall–Kier alpha value is -2.39. The van der Waals surface area contributed by atoms with Crippen molar-refractivity contribution in [3.8, 4) is 0 Å². The smallest absolute Gasteiger partial charge is 0.394 e. The number of H-pyrrole nitrogens is 1. The quantitative estimate of drug-likeness (QED) is 0.0376. The molecule has 3 heterocycles. The van der Waals surface area contributed by atoms with E-state index in [1.807, 2.05) is 12.2 Å². The Labute approximate surface area is 301 Å². The lowest BCUT2D eigenvalue weighted by Gasteiger charge is -2.42. The number of nitrogens with zero attached hydrogens (tertiary/aromatic N) is 1. The molecule has 3 rings (SSSR count). The number of aliphatic hydroxyl groups is 3. The number of aromatic amines is 1. The molecule has 18 nitrogen and oxygen atoms in total. The third-order valence-corrected chi connectivity index (χ3v) is 9.76. The minimum atomic E-state index is -4.43. The molecule has 0 spiro atoms. The molecule has 7 N–H and O–H groups in total.